The highest BCUT2D eigenvalue weighted by atomic mass is 16.5. The van der Waals surface area contributed by atoms with Crippen LogP contribution in [-0.2, 0) is 14.9 Å². The van der Waals surface area contributed by atoms with Gasteiger partial charge >= 0.3 is 5.97 Å². The van der Waals surface area contributed by atoms with Crippen molar-refractivity contribution in [1.29, 1.82) is 0 Å². The molecule has 1 heterocycles. The van der Waals surface area contributed by atoms with Crippen molar-refractivity contribution in [3.8, 4) is 0 Å². The Bertz CT molecular complexity index is 413. The number of aromatic nitrogens is 2. The van der Waals surface area contributed by atoms with Crippen LogP contribution in [0.25, 0.3) is 0 Å². The molecule has 1 atom stereocenters. The molecule has 5 heteroatoms. The second-order valence-electron chi connectivity index (χ2n) is 5.34. The Labute approximate surface area is 108 Å². The number of ether oxygens (including phenoxy) is 1. The molecule has 1 aromatic rings. The van der Waals surface area contributed by atoms with E-state index < -0.39 is 0 Å². The van der Waals surface area contributed by atoms with E-state index in [0.717, 1.165) is 11.6 Å². The van der Waals surface area contributed by atoms with Crippen molar-refractivity contribution in [2.24, 2.45) is 0 Å². The van der Waals surface area contributed by atoms with Crippen LogP contribution in [0.15, 0.2) is 12.3 Å². The molecule has 5 nitrogen and oxygen atoms in total. The van der Waals surface area contributed by atoms with E-state index in [9.17, 15) is 4.79 Å². The molecular formula is C13H21N3O2. The van der Waals surface area contributed by atoms with Crippen LogP contribution in [0.4, 0.5) is 5.82 Å². The number of hydrogen-bond donors (Lipinski definition) is 1. The minimum atomic E-state index is -0.236. The predicted octanol–water partition coefficient (Wildman–Crippen LogP) is 2.14. The fourth-order valence-electron chi connectivity index (χ4n) is 1.44. The molecule has 0 aliphatic heterocycles. The summed E-state index contributed by atoms with van der Waals surface area (Å²) < 4.78 is 4.62. The van der Waals surface area contributed by atoms with E-state index in [2.05, 4.69) is 40.8 Å². The molecule has 0 amide bonds. The molecule has 0 saturated heterocycles. The smallest absolute Gasteiger partial charge is 0.307 e. The molecule has 1 rings (SSSR count). The Hall–Kier alpha value is -1.65. The van der Waals surface area contributed by atoms with Crippen LogP contribution in [-0.4, -0.2) is 29.1 Å². The lowest BCUT2D eigenvalue weighted by atomic mass is 9.96. The summed E-state index contributed by atoms with van der Waals surface area (Å²) in [7, 11) is 1.39. The van der Waals surface area contributed by atoms with Gasteiger partial charge in [0.25, 0.3) is 0 Å². The minimum absolute atomic E-state index is 0.0276. The molecule has 0 aromatic carbocycles. The van der Waals surface area contributed by atoms with E-state index >= 15 is 0 Å². The number of esters is 1. The van der Waals surface area contributed by atoms with Gasteiger partial charge in [0.1, 0.15) is 11.6 Å². The van der Waals surface area contributed by atoms with E-state index in [-0.39, 0.29) is 17.4 Å². The van der Waals surface area contributed by atoms with E-state index in [1.165, 1.54) is 7.11 Å². The van der Waals surface area contributed by atoms with Crippen LogP contribution < -0.4 is 5.32 Å². The Morgan fingerprint density at radius 3 is 2.72 bits per heavy atom. The fourth-order valence-corrected chi connectivity index (χ4v) is 1.44. The second kappa shape index (κ2) is 5.80. The molecule has 0 fully saturated rings. The molecule has 0 aliphatic carbocycles. The standard InChI is InChI=1S/C13H21N3O2/c1-9(8-11(17)18-5)15-10-6-7-14-12(16-10)13(2,3)4/h6-7,9H,8H2,1-5H3,(H,14,15,16). The van der Waals surface area contributed by atoms with Gasteiger partial charge in [-0.3, -0.25) is 4.79 Å². The zero-order valence-electron chi connectivity index (χ0n) is 11.7. The van der Waals surface area contributed by atoms with Crippen LogP contribution in [0.5, 0.6) is 0 Å². The average Bonchev–Trinajstić information content (AvgIpc) is 2.27. The number of methoxy groups -OCH3 is 1. The number of carbonyl (C=O) groups excluding carboxylic acids is 1. The summed E-state index contributed by atoms with van der Waals surface area (Å²) in [6, 6.07) is 1.77. The zero-order chi connectivity index (χ0) is 13.8. The maximum Gasteiger partial charge on any atom is 0.307 e. The van der Waals surface area contributed by atoms with Crippen molar-refractivity contribution in [3.05, 3.63) is 18.1 Å². The summed E-state index contributed by atoms with van der Waals surface area (Å²) in [4.78, 5) is 19.8. The molecule has 0 spiro atoms. The van der Waals surface area contributed by atoms with Gasteiger partial charge in [0, 0.05) is 17.7 Å². The Morgan fingerprint density at radius 2 is 2.17 bits per heavy atom. The number of hydrogen-bond acceptors (Lipinski definition) is 5. The number of rotatable bonds is 4. The lowest BCUT2D eigenvalue weighted by Gasteiger charge is -2.18. The summed E-state index contributed by atoms with van der Waals surface area (Å²) in [5.41, 5.74) is -0.0940. The van der Waals surface area contributed by atoms with E-state index in [4.69, 9.17) is 0 Å². The molecular weight excluding hydrogens is 230 g/mol. The largest absolute Gasteiger partial charge is 0.469 e. The second-order valence-corrected chi connectivity index (χ2v) is 5.34. The Morgan fingerprint density at radius 1 is 1.50 bits per heavy atom. The fraction of sp³-hybridized carbons (Fsp3) is 0.615. The van der Waals surface area contributed by atoms with Crippen molar-refractivity contribution in [3.63, 3.8) is 0 Å². The number of carbonyl (C=O) groups is 1. The molecule has 1 N–H and O–H groups in total. The average molecular weight is 251 g/mol. The topological polar surface area (TPSA) is 64.1 Å². The van der Waals surface area contributed by atoms with Crippen molar-refractivity contribution in [2.75, 3.05) is 12.4 Å². The number of anilines is 1. The van der Waals surface area contributed by atoms with Gasteiger partial charge < -0.3 is 10.1 Å². The minimum Gasteiger partial charge on any atom is -0.469 e. The monoisotopic (exact) mass is 251 g/mol. The normalized spacial score (nSPS) is 12.9. The van der Waals surface area contributed by atoms with Crippen LogP contribution in [0, 0.1) is 0 Å². The lowest BCUT2D eigenvalue weighted by Crippen LogP contribution is -2.22. The van der Waals surface area contributed by atoms with Crippen molar-refractivity contribution >= 4 is 11.8 Å². The molecule has 0 bridgehead atoms. The Kier molecular flexibility index (Phi) is 4.64. The van der Waals surface area contributed by atoms with E-state index in [0.29, 0.717) is 6.42 Å². The van der Waals surface area contributed by atoms with Crippen LogP contribution in [0.3, 0.4) is 0 Å². The summed E-state index contributed by atoms with van der Waals surface area (Å²) in [6.45, 7) is 8.09. The first-order valence-corrected chi connectivity index (χ1v) is 6.00. The SMILES string of the molecule is COC(=O)CC(C)Nc1ccnc(C(C)(C)C)n1. The first-order valence-electron chi connectivity index (χ1n) is 6.00. The number of nitrogens with one attached hydrogen (secondary N) is 1. The van der Waals surface area contributed by atoms with Crippen molar-refractivity contribution in [2.45, 2.75) is 45.6 Å². The van der Waals surface area contributed by atoms with Gasteiger partial charge in [-0.2, -0.15) is 0 Å². The highest BCUT2D eigenvalue weighted by molar-refractivity contribution is 5.70. The van der Waals surface area contributed by atoms with Crippen LogP contribution in [0.2, 0.25) is 0 Å². The molecule has 18 heavy (non-hydrogen) atoms. The Balaban J connectivity index is 2.71. The molecule has 0 saturated carbocycles. The third-order valence-electron chi connectivity index (χ3n) is 2.42. The highest BCUT2D eigenvalue weighted by Crippen LogP contribution is 2.19. The van der Waals surface area contributed by atoms with Crippen molar-refractivity contribution in [1.82, 2.24) is 9.97 Å². The van der Waals surface area contributed by atoms with Crippen molar-refractivity contribution < 1.29 is 9.53 Å². The van der Waals surface area contributed by atoms with E-state index in [1.54, 1.807) is 12.3 Å². The third-order valence-corrected chi connectivity index (χ3v) is 2.42. The van der Waals surface area contributed by atoms with Gasteiger partial charge in [-0.05, 0) is 13.0 Å². The number of nitrogens with zero attached hydrogens (tertiary/aromatic N) is 2. The summed E-state index contributed by atoms with van der Waals surface area (Å²) >= 11 is 0. The summed E-state index contributed by atoms with van der Waals surface area (Å²) in [5.74, 6) is 1.27. The van der Waals surface area contributed by atoms with E-state index in [1.807, 2.05) is 6.92 Å². The molecule has 0 aliphatic rings. The van der Waals surface area contributed by atoms with Gasteiger partial charge in [-0.25, -0.2) is 9.97 Å². The van der Waals surface area contributed by atoms with Gasteiger partial charge in [0.2, 0.25) is 0 Å². The molecule has 0 radical (unpaired) electrons. The van der Waals surface area contributed by atoms with Gasteiger partial charge in [-0.15, -0.1) is 0 Å². The first kappa shape index (κ1) is 14.4. The van der Waals surface area contributed by atoms with Crippen LogP contribution in [0.1, 0.15) is 39.9 Å². The predicted molar refractivity (Wildman–Crippen MR) is 70.4 cm³/mol. The summed E-state index contributed by atoms with van der Waals surface area (Å²) in [5, 5.41) is 3.17. The zero-order valence-corrected chi connectivity index (χ0v) is 11.7. The first-order chi connectivity index (χ1) is 8.32. The maximum absolute atomic E-state index is 11.1. The molecule has 100 valence electrons. The lowest BCUT2D eigenvalue weighted by molar-refractivity contribution is -0.140. The highest BCUT2D eigenvalue weighted by Gasteiger charge is 2.18. The summed E-state index contributed by atoms with van der Waals surface area (Å²) in [6.07, 6.45) is 2.03. The van der Waals surface area contributed by atoms with Gasteiger partial charge in [0.15, 0.2) is 0 Å². The molecule has 1 aromatic heterocycles. The van der Waals surface area contributed by atoms with Gasteiger partial charge in [-0.1, -0.05) is 20.8 Å². The molecule has 1 unspecified atom stereocenters. The van der Waals surface area contributed by atoms with Crippen LogP contribution >= 0.6 is 0 Å². The van der Waals surface area contributed by atoms with Gasteiger partial charge in [0.05, 0.1) is 13.5 Å². The third kappa shape index (κ3) is 4.31. The quantitative estimate of drug-likeness (QED) is 0.830. The maximum atomic E-state index is 11.1.